The van der Waals surface area contributed by atoms with E-state index >= 15 is 0 Å². The molecule has 0 spiro atoms. The van der Waals surface area contributed by atoms with Gasteiger partial charge in [-0.3, -0.25) is 0 Å². The zero-order valence-corrected chi connectivity index (χ0v) is 11.2. The van der Waals surface area contributed by atoms with E-state index in [4.69, 9.17) is 5.26 Å². The molecule has 0 fully saturated rings. The van der Waals surface area contributed by atoms with Crippen LogP contribution in [-0.2, 0) is 7.05 Å². The van der Waals surface area contributed by atoms with Gasteiger partial charge in [-0.15, -0.1) is 0 Å². The van der Waals surface area contributed by atoms with E-state index < -0.39 is 0 Å². The molecular formula is C18H14N2. The summed E-state index contributed by atoms with van der Waals surface area (Å²) in [5.74, 6) is 0. The van der Waals surface area contributed by atoms with Crippen molar-refractivity contribution in [1.82, 2.24) is 4.57 Å². The summed E-state index contributed by atoms with van der Waals surface area (Å²) in [6.45, 7) is 0. The molecular weight excluding hydrogens is 244 g/mol. The van der Waals surface area contributed by atoms with Crippen LogP contribution in [0.25, 0.3) is 22.3 Å². The number of rotatable bonds is 2. The average Bonchev–Trinajstić information content (AvgIpc) is 2.89. The number of hydrogen-bond donors (Lipinski definition) is 0. The molecule has 3 aromatic rings. The molecule has 0 N–H and O–H groups in total. The maximum Gasteiger partial charge on any atom is 0.120 e. The van der Waals surface area contributed by atoms with E-state index in [9.17, 15) is 0 Å². The maximum atomic E-state index is 9.00. The highest BCUT2D eigenvalue weighted by atomic mass is 14.9. The Bertz CT molecular complexity index is 759. The van der Waals surface area contributed by atoms with Crippen LogP contribution in [0, 0.1) is 11.3 Å². The molecule has 0 unspecified atom stereocenters. The number of benzene rings is 2. The molecule has 0 amide bonds. The highest BCUT2D eigenvalue weighted by molar-refractivity contribution is 5.70. The molecule has 3 rings (SSSR count). The van der Waals surface area contributed by atoms with E-state index in [1.165, 1.54) is 11.1 Å². The van der Waals surface area contributed by atoms with Crippen LogP contribution in [0.3, 0.4) is 0 Å². The van der Waals surface area contributed by atoms with Crippen LogP contribution in [-0.4, -0.2) is 4.57 Å². The zero-order chi connectivity index (χ0) is 13.9. The van der Waals surface area contributed by atoms with Crippen LogP contribution < -0.4 is 0 Å². The molecule has 20 heavy (non-hydrogen) atoms. The number of aryl methyl sites for hydroxylation is 1. The van der Waals surface area contributed by atoms with E-state index in [-0.39, 0.29) is 0 Å². The van der Waals surface area contributed by atoms with E-state index in [0.717, 1.165) is 11.1 Å². The monoisotopic (exact) mass is 258 g/mol. The van der Waals surface area contributed by atoms with Crippen LogP contribution in [0.2, 0.25) is 0 Å². The Morgan fingerprint density at radius 3 is 1.90 bits per heavy atom. The standard InChI is InChI=1S/C18H14N2/c1-20-13-17(11-18(20)12-19)16-9-7-15(8-10-16)14-5-3-2-4-6-14/h2-11,13H,1H3. The van der Waals surface area contributed by atoms with Gasteiger partial charge in [0.25, 0.3) is 0 Å². The second kappa shape index (κ2) is 5.07. The molecule has 0 saturated heterocycles. The first kappa shape index (κ1) is 12.3. The average molecular weight is 258 g/mol. The third kappa shape index (κ3) is 2.22. The molecule has 2 heteroatoms. The molecule has 2 aromatic carbocycles. The van der Waals surface area contributed by atoms with Gasteiger partial charge in [-0.05, 0) is 22.8 Å². The summed E-state index contributed by atoms with van der Waals surface area (Å²) in [6.07, 6.45) is 1.98. The number of nitrogens with zero attached hydrogens (tertiary/aromatic N) is 2. The first-order valence-electron chi connectivity index (χ1n) is 6.50. The fraction of sp³-hybridized carbons (Fsp3) is 0.0556. The first-order chi connectivity index (χ1) is 9.78. The van der Waals surface area contributed by atoms with Gasteiger partial charge in [0.1, 0.15) is 11.8 Å². The molecule has 0 aliphatic heterocycles. The van der Waals surface area contributed by atoms with E-state index in [1.807, 2.05) is 42.1 Å². The van der Waals surface area contributed by atoms with Crippen molar-refractivity contribution < 1.29 is 0 Å². The van der Waals surface area contributed by atoms with Gasteiger partial charge in [0.2, 0.25) is 0 Å². The Hall–Kier alpha value is -2.79. The molecule has 0 aliphatic carbocycles. The van der Waals surface area contributed by atoms with Gasteiger partial charge in [-0.2, -0.15) is 5.26 Å². The molecule has 0 radical (unpaired) electrons. The third-order valence-electron chi connectivity index (χ3n) is 3.44. The van der Waals surface area contributed by atoms with Crippen LogP contribution >= 0.6 is 0 Å². The van der Waals surface area contributed by atoms with E-state index in [0.29, 0.717) is 5.69 Å². The third-order valence-corrected chi connectivity index (χ3v) is 3.44. The largest absolute Gasteiger partial charge is 0.342 e. The van der Waals surface area contributed by atoms with Crippen LogP contribution in [0.5, 0.6) is 0 Å². The molecule has 1 heterocycles. The predicted octanol–water partition coefficient (Wildman–Crippen LogP) is 4.23. The van der Waals surface area contributed by atoms with Gasteiger partial charge in [-0.1, -0.05) is 54.6 Å². The summed E-state index contributed by atoms with van der Waals surface area (Å²) >= 11 is 0. The Labute approximate surface area is 118 Å². The van der Waals surface area contributed by atoms with Gasteiger partial charge >= 0.3 is 0 Å². The summed E-state index contributed by atoms with van der Waals surface area (Å²) in [5, 5.41) is 9.00. The molecule has 0 saturated carbocycles. The second-order valence-electron chi connectivity index (χ2n) is 4.78. The predicted molar refractivity (Wildman–Crippen MR) is 81.0 cm³/mol. The van der Waals surface area contributed by atoms with Gasteiger partial charge in [0.15, 0.2) is 0 Å². The Kier molecular flexibility index (Phi) is 3.10. The molecule has 2 nitrogen and oxygen atoms in total. The lowest BCUT2D eigenvalue weighted by atomic mass is 10.0. The maximum absolute atomic E-state index is 9.00. The van der Waals surface area contributed by atoms with E-state index in [1.54, 1.807) is 0 Å². The number of aromatic nitrogens is 1. The lowest BCUT2D eigenvalue weighted by Gasteiger charge is -2.03. The molecule has 0 atom stereocenters. The summed E-state index contributed by atoms with van der Waals surface area (Å²) in [6, 6.07) is 22.8. The molecule has 96 valence electrons. The number of nitriles is 1. The van der Waals surface area contributed by atoms with Crippen molar-refractivity contribution in [2.75, 3.05) is 0 Å². The van der Waals surface area contributed by atoms with Crippen LogP contribution in [0.1, 0.15) is 5.69 Å². The van der Waals surface area contributed by atoms with Gasteiger partial charge in [-0.25, -0.2) is 0 Å². The fourth-order valence-electron chi connectivity index (χ4n) is 2.32. The summed E-state index contributed by atoms with van der Waals surface area (Å²) in [7, 11) is 1.89. The normalized spacial score (nSPS) is 10.2. The van der Waals surface area contributed by atoms with Crippen molar-refractivity contribution >= 4 is 0 Å². The van der Waals surface area contributed by atoms with Crippen molar-refractivity contribution in [3.8, 4) is 28.3 Å². The summed E-state index contributed by atoms with van der Waals surface area (Å²) in [4.78, 5) is 0. The van der Waals surface area contributed by atoms with Crippen molar-refractivity contribution in [1.29, 1.82) is 5.26 Å². The molecule has 0 aliphatic rings. The fourth-order valence-corrected chi connectivity index (χ4v) is 2.32. The van der Waals surface area contributed by atoms with Crippen molar-refractivity contribution in [3.05, 3.63) is 72.6 Å². The Morgan fingerprint density at radius 1 is 0.800 bits per heavy atom. The van der Waals surface area contributed by atoms with E-state index in [2.05, 4.69) is 42.5 Å². The molecule has 1 aromatic heterocycles. The van der Waals surface area contributed by atoms with Crippen LogP contribution in [0.4, 0.5) is 0 Å². The minimum Gasteiger partial charge on any atom is -0.342 e. The summed E-state index contributed by atoms with van der Waals surface area (Å²) in [5.41, 5.74) is 5.29. The first-order valence-corrected chi connectivity index (χ1v) is 6.50. The van der Waals surface area contributed by atoms with Gasteiger partial charge in [0.05, 0.1) is 0 Å². The van der Waals surface area contributed by atoms with Crippen LogP contribution in [0.15, 0.2) is 66.9 Å². The van der Waals surface area contributed by atoms with Gasteiger partial charge < -0.3 is 4.57 Å². The molecule has 0 bridgehead atoms. The van der Waals surface area contributed by atoms with Crippen molar-refractivity contribution in [2.45, 2.75) is 0 Å². The minimum absolute atomic E-state index is 0.673. The van der Waals surface area contributed by atoms with Crippen molar-refractivity contribution in [3.63, 3.8) is 0 Å². The SMILES string of the molecule is Cn1cc(-c2ccc(-c3ccccc3)cc2)cc1C#N. The highest BCUT2D eigenvalue weighted by Gasteiger charge is 2.05. The Morgan fingerprint density at radius 2 is 1.35 bits per heavy atom. The lowest BCUT2D eigenvalue weighted by Crippen LogP contribution is -1.86. The quantitative estimate of drug-likeness (QED) is 0.676. The second-order valence-corrected chi connectivity index (χ2v) is 4.78. The minimum atomic E-state index is 0.673. The summed E-state index contributed by atoms with van der Waals surface area (Å²) < 4.78 is 1.85. The topological polar surface area (TPSA) is 28.7 Å². The smallest absolute Gasteiger partial charge is 0.120 e. The lowest BCUT2D eigenvalue weighted by molar-refractivity contribution is 0.909. The Balaban J connectivity index is 1.95. The highest BCUT2D eigenvalue weighted by Crippen LogP contribution is 2.25. The van der Waals surface area contributed by atoms with Gasteiger partial charge in [0, 0.05) is 18.8 Å². The zero-order valence-electron chi connectivity index (χ0n) is 11.2. The number of hydrogen-bond acceptors (Lipinski definition) is 1. The van der Waals surface area contributed by atoms with Crippen molar-refractivity contribution in [2.24, 2.45) is 7.05 Å².